The molecule has 2 aromatic rings. The summed E-state index contributed by atoms with van der Waals surface area (Å²) >= 11 is 0. The highest BCUT2D eigenvalue weighted by Crippen LogP contribution is 2.28. The highest BCUT2D eigenvalue weighted by molar-refractivity contribution is 5.88. The Morgan fingerprint density at radius 3 is 3.00 bits per heavy atom. The van der Waals surface area contributed by atoms with Gasteiger partial charge in [0.2, 0.25) is 0 Å². The van der Waals surface area contributed by atoms with Crippen molar-refractivity contribution in [3.63, 3.8) is 0 Å². The van der Waals surface area contributed by atoms with Gasteiger partial charge in [-0.1, -0.05) is 12.1 Å². The Hall–Kier alpha value is -2.60. The SMILES string of the molecule is CN1CCCc2cc(C=C(C#N)c3ccccn3)ccc21. The lowest BCUT2D eigenvalue weighted by Gasteiger charge is -2.27. The fraction of sp³-hybridized carbons (Fsp3) is 0.222. The molecule has 0 radical (unpaired) electrons. The molecule has 0 bridgehead atoms. The molecule has 1 aromatic heterocycles. The topological polar surface area (TPSA) is 39.9 Å². The van der Waals surface area contributed by atoms with E-state index in [1.54, 1.807) is 6.20 Å². The molecule has 3 nitrogen and oxygen atoms in total. The number of aromatic nitrogens is 1. The fourth-order valence-corrected chi connectivity index (χ4v) is 2.75. The molecule has 0 aliphatic carbocycles. The van der Waals surface area contributed by atoms with Gasteiger partial charge < -0.3 is 4.90 Å². The number of anilines is 1. The van der Waals surface area contributed by atoms with Crippen LogP contribution >= 0.6 is 0 Å². The maximum atomic E-state index is 9.35. The molecule has 1 aliphatic rings. The second-order valence-corrected chi connectivity index (χ2v) is 5.30. The van der Waals surface area contributed by atoms with Crippen LogP contribution in [0, 0.1) is 11.3 Å². The Kier molecular flexibility index (Phi) is 3.70. The third-order valence-electron chi connectivity index (χ3n) is 3.83. The number of pyridine rings is 1. The first kappa shape index (κ1) is 13.4. The van der Waals surface area contributed by atoms with Gasteiger partial charge in [0.15, 0.2) is 0 Å². The second-order valence-electron chi connectivity index (χ2n) is 5.30. The van der Waals surface area contributed by atoms with E-state index in [2.05, 4.69) is 41.2 Å². The van der Waals surface area contributed by atoms with E-state index in [4.69, 9.17) is 0 Å². The lowest BCUT2D eigenvalue weighted by atomic mass is 9.98. The quantitative estimate of drug-likeness (QED) is 0.787. The van der Waals surface area contributed by atoms with Crippen molar-refractivity contribution in [1.29, 1.82) is 5.26 Å². The Bertz CT molecular complexity index is 711. The molecule has 2 heterocycles. The van der Waals surface area contributed by atoms with Crippen LogP contribution in [0.5, 0.6) is 0 Å². The Morgan fingerprint density at radius 2 is 2.24 bits per heavy atom. The average Bonchev–Trinajstić information content (AvgIpc) is 2.53. The van der Waals surface area contributed by atoms with Crippen molar-refractivity contribution >= 4 is 17.3 Å². The molecule has 1 aliphatic heterocycles. The highest BCUT2D eigenvalue weighted by atomic mass is 15.1. The molecule has 21 heavy (non-hydrogen) atoms. The van der Waals surface area contributed by atoms with Crippen molar-refractivity contribution in [3.8, 4) is 6.07 Å². The van der Waals surface area contributed by atoms with E-state index in [-0.39, 0.29) is 0 Å². The second kappa shape index (κ2) is 5.80. The summed E-state index contributed by atoms with van der Waals surface area (Å²) in [6.45, 7) is 1.11. The first-order valence-electron chi connectivity index (χ1n) is 7.15. The molecule has 0 unspecified atom stereocenters. The third-order valence-corrected chi connectivity index (χ3v) is 3.83. The van der Waals surface area contributed by atoms with Crippen LogP contribution in [-0.2, 0) is 6.42 Å². The van der Waals surface area contributed by atoms with E-state index in [0.29, 0.717) is 5.57 Å². The largest absolute Gasteiger partial charge is 0.374 e. The smallest absolute Gasteiger partial charge is 0.101 e. The zero-order valence-electron chi connectivity index (χ0n) is 12.1. The molecule has 0 atom stereocenters. The first-order chi connectivity index (χ1) is 10.3. The number of aryl methyl sites for hydroxylation is 1. The third kappa shape index (κ3) is 2.80. The number of hydrogen-bond acceptors (Lipinski definition) is 3. The Labute approximate surface area is 125 Å². The number of fused-ring (bicyclic) bond motifs is 1. The summed E-state index contributed by atoms with van der Waals surface area (Å²) in [5.41, 5.74) is 5.03. The summed E-state index contributed by atoms with van der Waals surface area (Å²) < 4.78 is 0. The van der Waals surface area contributed by atoms with E-state index in [9.17, 15) is 5.26 Å². The van der Waals surface area contributed by atoms with Crippen molar-refractivity contribution in [2.45, 2.75) is 12.8 Å². The van der Waals surface area contributed by atoms with E-state index >= 15 is 0 Å². The average molecular weight is 275 g/mol. The molecule has 0 saturated heterocycles. The number of nitrogens with zero attached hydrogens (tertiary/aromatic N) is 3. The van der Waals surface area contributed by atoms with Crippen molar-refractivity contribution in [2.75, 3.05) is 18.5 Å². The molecule has 0 saturated carbocycles. The molecule has 1 aromatic carbocycles. The van der Waals surface area contributed by atoms with Crippen molar-refractivity contribution in [3.05, 3.63) is 59.4 Å². The van der Waals surface area contributed by atoms with Crippen molar-refractivity contribution in [2.24, 2.45) is 0 Å². The van der Waals surface area contributed by atoms with Crippen LogP contribution in [0.2, 0.25) is 0 Å². The summed E-state index contributed by atoms with van der Waals surface area (Å²) in [5, 5.41) is 9.35. The van der Waals surface area contributed by atoms with E-state index in [1.807, 2.05) is 24.3 Å². The molecule has 0 fully saturated rings. The first-order valence-corrected chi connectivity index (χ1v) is 7.15. The molecule has 0 N–H and O–H groups in total. The van der Waals surface area contributed by atoms with Gasteiger partial charge in [-0.15, -0.1) is 0 Å². The number of rotatable bonds is 2. The number of benzene rings is 1. The number of allylic oxidation sites excluding steroid dienone is 1. The van der Waals surface area contributed by atoms with Crippen LogP contribution in [0.25, 0.3) is 11.6 Å². The molecule has 3 rings (SSSR count). The van der Waals surface area contributed by atoms with Gasteiger partial charge in [-0.2, -0.15) is 5.26 Å². The maximum absolute atomic E-state index is 9.35. The van der Waals surface area contributed by atoms with Gasteiger partial charge in [0.05, 0.1) is 11.3 Å². The Balaban J connectivity index is 1.97. The zero-order valence-corrected chi connectivity index (χ0v) is 12.1. The van der Waals surface area contributed by atoms with E-state index < -0.39 is 0 Å². The van der Waals surface area contributed by atoms with Crippen LogP contribution in [0.3, 0.4) is 0 Å². The summed E-state index contributed by atoms with van der Waals surface area (Å²) in [6, 6.07) is 14.3. The van der Waals surface area contributed by atoms with Crippen LogP contribution in [0.15, 0.2) is 42.6 Å². The summed E-state index contributed by atoms with van der Waals surface area (Å²) in [5.74, 6) is 0. The normalized spacial score (nSPS) is 14.5. The lowest BCUT2D eigenvalue weighted by molar-refractivity contribution is 0.744. The summed E-state index contributed by atoms with van der Waals surface area (Å²) in [6.07, 6.45) is 5.91. The fourth-order valence-electron chi connectivity index (χ4n) is 2.75. The number of nitriles is 1. The minimum Gasteiger partial charge on any atom is -0.374 e. The van der Waals surface area contributed by atoms with Gasteiger partial charge in [0.25, 0.3) is 0 Å². The van der Waals surface area contributed by atoms with Gasteiger partial charge in [-0.25, -0.2) is 0 Å². The molecule has 0 spiro atoms. The highest BCUT2D eigenvalue weighted by Gasteiger charge is 2.13. The minimum absolute atomic E-state index is 0.597. The molecule has 0 amide bonds. The molecule has 104 valence electrons. The predicted octanol–water partition coefficient (Wildman–Crippen LogP) is 3.53. The number of hydrogen-bond donors (Lipinski definition) is 0. The minimum atomic E-state index is 0.597. The lowest BCUT2D eigenvalue weighted by Crippen LogP contribution is -2.24. The maximum Gasteiger partial charge on any atom is 0.101 e. The zero-order chi connectivity index (χ0) is 14.7. The Morgan fingerprint density at radius 1 is 1.33 bits per heavy atom. The van der Waals surface area contributed by atoms with Gasteiger partial charge in [0, 0.05) is 25.5 Å². The molecular weight excluding hydrogens is 258 g/mol. The summed E-state index contributed by atoms with van der Waals surface area (Å²) in [4.78, 5) is 6.53. The van der Waals surface area contributed by atoms with E-state index in [0.717, 1.165) is 24.2 Å². The van der Waals surface area contributed by atoms with Gasteiger partial charge in [0.1, 0.15) is 6.07 Å². The molecule has 3 heteroatoms. The van der Waals surface area contributed by atoms with Crippen LogP contribution < -0.4 is 4.90 Å². The van der Waals surface area contributed by atoms with Crippen LogP contribution in [-0.4, -0.2) is 18.6 Å². The van der Waals surface area contributed by atoms with Gasteiger partial charge >= 0.3 is 0 Å². The van der Waals surface area contributed by atoms with Crippen LogP contribution in [0.4, 0.5) is 5.69 Å². The standard InChI is InChI=1S/C18H17N3/c1-21-10-4-5-15-11-14(7-8-18(15)21)12-16(13-19)17-6-2-3-9-20-17/h2-3,6-9,11-12H,4-5,10H2,1H3. The van der Waals surface area contributed by atoms with Crippen molar-refractivity contribution < 1.29 is 0 Å². The van der Waals surface area contributed by atoms with Gasteiger partial charge in [-0.3, -0.25) is 4.98 Å². The van der Waals surface area contributed by atoms with Gasteiger partial charge in [-0.05, 0) is 54.3 Å². The monoisotopic (exact) mass is 275 g/mol. The molecular formula is C18H17N3. The van der Waals surface area contributed by atoms with E-state index in [1.165, 1.54) is 17.7 Å². The summed E-state index contributed by atoms with van der Waals surface area (Å²) in [7, 11) is 2.13. The van der Waals surface area contributed by atoms with Crippen molar-refractivity contribution in [1.82, 2.24) is 4.98 Å². The van der Waals surface area contributed by atoms with Crippen LogP contribution in [0.1, 0.15) is 23.2 Å². The predicted molar refractivity (Wildman–Crippen MR) is 85.8 cm³/mol.